The monoisotopic (exact) mass is 212 g/mol. The second-order valence-electron chi connectivity index (χ2n) is 3.74. The van der Waals surface area contributed by atoms with Gasteiger partial charge in [0, 0.05) is 0 Å². The number of carbonyl (C=O) groups excluding carboxylic acids is 1. The van der Waals surface area contributed by atoms with Gasteiger partial charge in [-0.15, -0.1) is 0 Å². The van der Waals surface area contributed by atoms with Crippen molar-refractivity contribution >= 4 is 11.7 Å². The summed E-state index contributed by atoms with van der Waals surface area (Å²) in [6.45, 7) is 2.47. The molecule has 1 fully saturated rings. The third-order valence-electron chi connectivity index (χ3n) is 2.63. The van der Waals surface area contributed by atoms with Crippen molar-refractivity contribution in [3.63, 3.8) is 0 Å². The summed E-state index contributed by atoms with van der Waals surface area (Å²) in [6.07, 6.45) is 0.614. The molecule has 0 bridgehead atoms. The molecule has 0 saturated carbocycles. The minimum absolute atomic E-state index is 0.00755. The molecule has 15 heavy (non-hydrogen) atoms. The molecule has 0 radical (unpaired) electrons. The number of amides is 1. The maximum absolute atomic E-state index is 11.7. The summed E-state index contributed by atoms with van der Waals surface area (Å²) >= 11 is 0. The first kappa shape index (κ1) is 9.91. The Hall–Kier alpha value is -1.63. The van der Waals surface area contributed by atoms with Crippen LogP contribution in [0.4, 0.5) is 5.82 Å². The highest BCUT2D eigenvalue weighted by molar-refractivity contribution is 5.96. The summed E-state index contributed by atoms with van der Waals surface area (Å²) in [5, 5.41) is 16.4. The zero-order chi connectivity index (χ0) is 11.1. The number of anilines is 1. The van der Waals surface area contributed by atoms with Gasteiger partial charge in [-0.3, -0.25) is 4.79 Å². The van der Waals surface area contributed by atoms with Crippen molar-refractivity contribution in [2.24, 2.45) is 0 Å². The highest BCUT2D eigenvalue weighted by atomic mass is 16.6. The number of hydrogen-bond donors (Lipinski definition) is 2. The van der Waals surface area contributed by atoms with Crippen LogP contribution in [0.5, 0.6) is 0 Å². The Labute approximate surface area is 85.8 Å². The van der Waals surface area contributed by atoms with E-state index in [1.165, 1.54) is 4.90 Å². The molecular weight excluding hydrogens is 200 g/mol. The van der Waals surface area contributed by atoms with Crippen molar-refractivity contribution in [2.75, 3.05) is 18.8 Å². The Balaban J connectivity index is 2.04. The molecule has 1 aromatic heterocycles. The fourth-order valence-electron chi connectivity index (χ4n) is 1.53. The average Bonchev–Trinajstić information content (AvgIpc) is 2.58. The highest BCUT2D eigenvalue weighted by Crippen LogP contribution is 2.26. The molecule has 2 heterocycles. The molecule has 1 aliphatic heterocycles. The van der Waals surface area contributed by atoms with Crippen LogP contribution < -0.4 is 5.73 Å². The summed E-state index contributed by atoms with van der Waals surface area (Å²) in [6, 6.07) is 0. The van der Waals surface area contributed by atoms with Gasteiger partial charge in [-0.1, -0.05) is 6.92 Å². The smallest absolute Gasteiger partial charge is 0.280 e. The molecule has 0 unspecified atom stereocenters. The van der Waals surface area contributed by atoms with E-state index in [1.807, 2.05) is 6.92 Å². The van der Waals surface area contributed by atoms with Crippen LogP contribution in [0.2, 0.25) is 0 Å². The van der Waals surface area contributed by atoms with E-state index in [1.54, 1.807) is 0 Å². The number of likely N-dealkylation sites (tertiary alicyclic amines) is 1. The van der Waals surface area contributed by atoms with Crippen molar-refractivity contribution in [3.05, 3.63) is 5.69 Å². The Morgan fingerprint density at radius 3 is 2.80 bits per heavy atom. The molecule has 1 aromatic rings. The van der Waals surface area contributed by atoms with Crippen LogP contribution in [0.1, 0.15) is 23.8 Å². The zero-order valence-electron chi connectivity index (χ0n) is 8.30. The number of rotatable bonds is 2. The molecular formula is C8H12N4O3. The summed E-state index contributed by atoms with van der Waals surface area (Å²) in [4.78, 5) is 13.1. The lowest BCUT2D eigenvalue weighted by molar-refractivity contribution is -0.0828. The fraction of sp³-hybridized carbons (Fsp3) is 0.625. The SMILES string of the molecule is CCC1(O)CN(C(=O)c2nonc2N)C1. The fourth-order valence-corrected chi connectivity index (χ4v) is 1.53. The molecule has 1 aliphatic rings. The number of aliphatic hydroxyl groups is 1. The number of aromatic nitrogens is 2. The minimum Gasteiger partial charge on any atom is -0.386 e. The van der Waals surface area contributed by atoms with Crippen molar-refractivity contribution < 1.29 is 14.5 Å². The van der Waals surface area contributed by atoms with Crippen LogP contribution >= 0.6 is 0 Å². The Morgan fingerprint density at radius 2 is 2.33 bits per heavy atom. The maximum Gasteiger partial charge on any atom is 0.280 e. The molecule has 82 valence electrons. The highest BCUT2D eigenvalue weighted by Gasteiger charge is 2.43. The van der Waals surface area contributed by atoms with Gasteiger partial charge in [-0.2, -0.15) is 0 Å². The van der Waals surface area contributed by atoms with E-state index in [9.17, 15) is 9.90 Å². The topological polar surface area (TPSA) is 105 Å². The van der Waals surface area contributed by atoms with Crippen molar-refractivity contribution in [1.82, 2.24) is 15.2 Å². The molecule has 7 heteroatoms. The van der Waals surface area contributed by atoms with Crippen molar-refractivity contribution in [1.29, 1.82) is 0 Å². The lowest BCUT2D eigenvalue weighted by Crippen LogP contribution is -2.63. The summed E-state index contributed by atoms with van der Waals surface area (Å²) < 4.78 is 4.33. The third kappa shape index (κ3) is 1.54. The predicted molar refractivity (Wildman–Crippen MR) is 49.9 cm³/mol. The third-order valence-corrected chi connectivity index (χ3v) is 2.63. The number of nitrogens with two attached hydrogens (primary N) is 1. The lowest BCUT2D eigenvalue weighted by Gasteiger charge is -2.45. The van der Waals surface area contributed by atoms with E-state index in [-0.39, 0.29) is 17.4 Å². The Morgan fingerprint density at radius 1 is 1.67 bits per heavy atom. The Kier molecular flexibility index (Phi) is 2.11. The average molecular weight is 212 g/mol. The van der Waals surface area contributed by atoms with Gasteiger partial charge in [-0.25, -0.2) is 4.63 Å². The van der Waals surface area contributed by atoms with E-state index in [0.29, 0.717) is 19.5 Å². The van der Waals surface area contributed by atoms with E-state index in [2.05, 4.69) is 14.9 Å². The summed E-state index contributed by atoms with van der Waals surface area (Å²) in [5.41, 5.74) is 4.63. The van der Waals surface area contributed by atoms with Crippen LogP contribution in [0, 0.1) is 0 Å². The van der Waals surface area contributed by atoms with Gasteiger partial charge < -0.3 is 15.7 Å². The van der Waals surface area contributed by atoms with Gasteiger partial charge in [0.25, 0.3) is 5.91 Å². The number of nitrogens with zero attached hydrogens (tertiary/aromatic N) is 3. The minimum atomic E-state index is -0.762. The Bertz CT molecular complexity index is 383. The van der Waals surface area contributed by atoms with Gasteiger partial charge in [0.1, 0.15) is 0 Å². The normalized spacial score (nSPS) is 18.7. The van der Waals surface area contributed by atoms with Gasteiger partial charge in [-0.05, 0) is 16.7 Å². The second-order valence-corrected chi connectivity index (χ2v) is 3.74. The molecule has 3 N–H and O–H groups in total. The van der Waals surface area contributed by atoms with Gasteiger partial charge >= 0.3 is 0 Å². The lowest BCUT2D eigenvalue weighted by atomic mass is 9.91. The van der Waals surface area contributed by atoms with E-state index >= 15 is 0 Å². The van der Waals surface area contributed by atoms with E-state index in [4.69, 9.17) is 5.73 Å². The van der Waals surface area contributed by atoms with Gasteiger partial charge in [0.05, 0.1) is 18.7 Å². The number of β-amino-alcohol motifs (C(OH)–C–C–N with tert-alkyl or cyclic N) is 1. The first-order valence-electron chi connectivity index (χ1n) is 4.65. The summed E-state index contributed by atoms with van der Waals surface area (Å²) in [7, 11) is 0. The molecule has 2 rings (SSSR count). The molecule has 0 atom stereocenters. The molecule has 1 saturated heterocycles. The molecule has 1 amide bonds. The first-order valence-corrected chi connectivity index (χ1v) is 4.65. The molecule has 0 aromatic carbocycles. The van der Waals surface area contributed by atoms with Crippen molar-refractivity contribution in [2.45, 2.75) is 18.9 Å². The van der Waals surface area contributed by atoms with Crippen LogP contribution in [0.3, 0.4) is 0 Å². The van der Waals surface area contributed by atoms with E-state index < -0.39 is 5.60 Å². The van der Waals surface area contributed by atoms with Crippen molar-refractivity contribution in [3.8, 4) is 0 Å². The van der Waals surface area contributed by atoms with Crippen LogP contribution in [0.25, 0.3) is 0 Å². The van der Waals surface area contributed by atoms with Crippen LogP contribution in [-0.4, -0.2) is 44.9 Å². The molecule has 7 nitrogen and oxygen atoms in total. The quantitative estimate of drug-likeness (QED) is 0.668. The number of hydrogen-bond acceptors (Lipinski definition) is 6. The predicted octanol–water partition coefficient (Wildman–Crippen LogP) is -0.751. The summed E-state index contributed by atoms with van der Waals surface area (Å²) in [5.74, 6) is -0.376. The maximum atomic E-state index is 11.7. The van der Waals surface area contributed by atoms with Crippen LogP contribution in [0.15, 0.2) is 4.63 Å². The van der Waals surface area contributed by atoms with E-state index in [0.717, 1.165) is 0 Å². The zero-order valence-corrected chi connectivity index (χ0v) is 8.30. The standard InChI is InChI=1S/C8H12N4O3/c1-2-8(14)3-12(4-8)7(13)5-6(9)11-15-10-5/h14H,2-4H2,1H3,(H2,9,11). The molecule has 0 aliphatic carbocycles. The number of carbonyl (C=O) groups is 1. The largest absolute Gasteiger partial charge is 0.386 e. The molecule has 0 spiro atoms. The second kappa shape index (κ2) is 3.20. The van der Waals surface area contributed by atoms with Gasteiger partial charge in [0.2, 0.25) is 11.5 Å². The van der Waals surface area contributed by atoms with Gasteiger partial charge in [0.15, 0.2) is 0 Å². The van der Waals surface area contributed by atoms with Crippen LogP contribution in [-0.2, 0) is 0 Å². The number of nitrogen functional groups attached to an aromatic ring is 1. The first-order chi connectivity index (χ1) is 7.06.